The van der Waals surface area contributed by atoms with Gasteiger partial charge in [0.1, 0.15) is 0 Å². The summed E-state index contributed by atoms with van der Waals surface area (Å²) in [5.74, 6) is 3.29. The molecule has 0 amide bonds. The standard InChI is InChI=1S/C16H32N2/c1-12-7-9-18(10-14(12)3)16(11-17)8-5-6-13(2)15(16)4/h12-15H,5-11,17H2,1-4H3. The number of hydrogen-bond donors (Lipinski definition) is 1. The van der Waals surface area contributed by atoms with Crippen LogP contribution in [-0.4, -0.2) is 30.1 Å². The van der Waals surface area contributed by atoms with Gasteiger partial charge >= 0.3 is 0 Å². The minimum atomic E-state index is 0.298. The highest BCUT2D eigenvalue weighted by Crippen LogP contribution is 2.43. The summed E-state index contributed by atoms with van der Waals surface area (Å²) in [6.45, 7) is 13.1. The zero-order valence-electron chi connectivity index (χ0n) is 12.8. The van der Waals surface area contributed by atoms with Crippen LogP contribution in [0.4, 0.5) is 0 Å². The molecule has 0 aromatic carbocycles. The topological polar surface area (TPSA) is 29.3 Å². The first kappa shape index (κ1) is 14.3. The van der Waals surface area contributed by atoms with Crippen LogP contribution in [0.3, 0.4) is 0 Å². The van der Waals surface area contributed by atoms with Crippen LogP contribution in [0.1, 0.15) is 53.4 Å². The highest BCUT2D eigenvalue weighted by atomic mass is 15.2. The van der Waals surface area contributed by atoms with Gasteiger partial charge in [0.05, 0.1) is 0 Å². The molecule has 0 spiro atoms. The van der Waals surface area contributed by atoms with Crippen LogP contribution in [0.2, 0.25) is 0 Å². The van der Waals surface area contributed by atoms with Crippen LogP contribution in [0.15, 0.2) is 0 Å². The Balaban J connectivity index is 2.16. The third-order valence-electron chi connectivity index (χ3n) is 6.29. The lowest BCUT2D eigenvalue weighted by Gasteiger charge is -2.55. The zero-order chi connectivity index (χ0) is 13.3. The first-order valence-electron chi connectivity index (χ1n) is 7.96. The summed E-state index contributed by atoms with van der Waals surface area (Å²) in [6, 6.07) is 0. The highest BCUT2D eigenvalue weighted by molar-refractivity contribution is 5.01. The fraction of sp³-hybridized carbons (Fsp3) is 1.00. The van der Waals surface area contributed by atoms with Crippen LogP contribution in [-0.2, 0) is 0 Å². The quantitative estimate of drug-likeness (QED) is 0.818. The molecule has 1 aliphatic carbocycles. The number of hydrogen-bond acceptors (Lipinski definition) is 2. The Morgan fingerprint density at radius 1 is 1.06 bits per heavy atom. The largest absolute Gasteiger partial charge is 0.329 e. The first-order chi connectivity index (χ1) is 8.51. The van der Waals surface area contributed by atoms with E-state index in [9.17, 15) is 0 Å². The molecule has 0 aromatic heterocycles. The lowest BCUT2D eigenvalue weighted by molar-refractivity contribution is -0.0424. The van der Waals surface area contributed by atoms with Gasteiger partial charge in [-0.15, -0.1) is 0 Å². The van der Waals surface area contributed by atoms with E-state index in [-0.39, 0.29) is 0 Å². The van der Waals surface area contributed by atoms with Crippen LogP contribution in [0.5, 0.6) is 0 Å². The monoisotopic (exact) mass is 252 g/mol. The maximum Gasteiger partial charge on any atom is 0.0359 e. The molecule has 2 fully saturated rings. The number of likely N-dealkylation sites (tertiary alicyclic amines) is 1. The molecule has 106 valence electrons. The molecule has 0 aromatic rings. The van der Waals surface area contributed by atoms with Gasteiger partial charge in [-0.25, -0.2) is 0 Å². The van der Waals surface area contributed by atoms with Crippen molar-refractivity contribution in [2.24, 2.45) is 29.4 Å². The van der Waals surface area contributed by atoms with Crippen molar-refractivity contribution in [3.63, 3.8) is 0 Å². The van der Waals surface area contributed by atoms with Gasteiger partial charge in [-0.3, -0.25) is 4.90 Å². The SMILES string of the molecule is CC1CCN(C2(CN)CCCC(C)C2C)CC1C. The van der Waals surface area contributed by atoms with E-state index in [4.69, 9.17) is 5.73 Å². The smallest absolute Gasteiger partial charge is 0.0359 e. The second kappa shape index (κ2) is 5.50. The van der Waals surface area contributed by atoms with Gasteiger partial charge in [0.25, 0.3) is 0 Å². The van der Waals surface area contributed by atoms with Crippen molar-refractivity contribution in [3.05, 3.63) is 0 Å². The number of piperidine rings is 1. The molecular weight excluding hydrogens is 220 g/mol. The van der Waals surface area contributed by atoms with E-state index in [0.717, 1.165) is 30.2 Å². The predicted octanol–water partition coefficient (Wildman–Crippen LogP) is 3.12. The van der Waals surface area contributed by atoms with Crippen LogP contribution >= 0.6 is 0 Å². The van der Waals surface area contributed by atoms with Crippen molar-refractivity contribution in [1.82, 2.24) is 4.90 Å². The van der Waals surface area contributed by atoms with Crippen molar-refractivity contribution < 1.29 is 0 Å². The molecule has 2 heteroatoms. The van der Waals surface area contributed by atoms with Crippen molar-refractivity contribution in [2.45, 2.75) is 58.9 Å². The molecular formula is C16H32N2. The van der Waals surface area contributed by atoms with E-state index in [1.54, 1.807) is 0 Å². The van der Waals surface area contributed by atoms with E-state index in [0.29, 0.717) is 5.54 Å². The van der Waals surface area contributed by atoms with Crippen LogP contribution in [0.25, 0.3) is 0 Å². The lowest BCUT2D eigenvalue weighted by Crippen LogP contribution is -2.63. The molecule has 0 bridgehead atoms. The normalized spacial score (nSPS) is 47.2. The Labute approximate surface area is 113 Å². The number of nitrogens with two attached hydrogens (primary N) is 1. The molecule has 5 unspecified atom stereocenters. The van der Waals surface area contributed by atoms with E-state index >= 15 is 0 Å². The fourth-order valence-corrected chi connectivity index (χ4v) is 4.27. The van der Waals surface area contributed by atoms with Gasteiger partial charge in [-0.2, -0.15) is 0 Å². The van der Waals surface area contributed by atoms with Crippen molar-refractivity contribution in [2.75, 3.05) is 19.6 Å². The van der Waals surface area contributed by atoms with Gasteiger partial charge in [-0.1, -0.05) is 40.5 Å². The number of nitrogens with zero attached hydrogens (tertiary/aromatic N) is 1. The predicted molar refractivity (Wildman–Crippen MR) is 78.5 cm³/mol. The minimum Gasteiger partial charge on any atom is -0.329 e. The molecule has 2 aliphatic rings. The maximum atomic E-state index is 6.26. The third kappa shape index (κ3) is 2.34. The van der Waals surface area contributed by atoms with E-state index in [1.165, 1.54) is 38.8 Å². The number of rotatable bonds is 2. The Bertz CT molecular complexity index is 278. The molecule has 2 N–H and O–H groups in total. The zero-order valence-corrected chi connectivity index (χ0v) is 12.8. The summed E-state index contributed by atoms with van der Waals surface area (Å²) < 4.78 is 0. The second-order valence-electron chi connectivity index (χ2n) is 7.16. The van der Waals surface area contributed by atoms with Gasteiger partial charge < -0.3 is 5.73 Å². The summed E-state index contributed by atoms with van der Waals surface area (Å²) in [5, 5.41) is 0. The minimum absolute atomic E-state index is 0.298. The molecule has 2 rings (SSSR count). The third-order valence-corrected chi connectivity index (χ3v) is 6.29. The summed E-state index contributed by atoms with van der Waals surface area (Å²) >= 11 is 0. The van der Waals surface area contributed by atoms with Gasteiger partial charge in [0, 0.05) is 18.6 Å². The van der Waals surface area contributed by atoms with Crippen molar-refractivity contribution in [1.29, 1.82) is 0 Å². The van der Waals surface area contributed by atoms with Crippen LogP contribution in [0, 0.1) is 23.7 Å². The van der Waals surface area contributed by atoms with E-state index < -0.39 is 0 Å². The summed E-state index contributed by atoms with van der Waals surface area (Å²) in [7, 11) is 0. The lowest BCUT2D eigenvalue weighted by atomic mass is 9.66. The van der Waals surface area contributed by atoms with Crippen molar-refractivity contribution in [3.8, 4) is 0 Å². The first-order valence-corrected chi connectivity index (χ1v) is 7.96. The van der Waals surface area contributed by atoms with E-state index in [1.807, 2.05) is 0 Å². The molecule has 5 atom stereocenters. The molecule has 1 saturated carbocycles. The molecule has 0 radical (unpaired) electrons. The molecule has 2 nitrogen and oxygen atoms in total. The molecule has 1 heterocycles. The van der Waals surface area contributed by atoms with Crippen molar-refractivity contribution >= 4 is 0 Å². The molecule has 1 aliphatic heterocycles. The second-order valence-corrected chi connectivity index (χ2v) is 7.16. The Hall–Kier alpha value is -0.0800. The average molecular weight is 252 g/mol. The molecule has 18 heavy (non-hydrogen) atoms. The van der Waals surface area contributed by atoms with Gasteiger partial charge in [-0.05, 0) is 43.1 Å². The summed E-state index contributed by atoms with van der Waals surface area (Å²) in [6.07, 6.45) is 5.42. The average Bonchev–Trinajstić information content (AvgIpc) is 2.36. The summed E-state index contributed by atoms with van der Waals surface area (Å²) in [5.41, 5.74) is 6.56. The van der Waals surface area contributed by atoms with Gasteiger partial charge in [0.15, 0.2) is 0 Å². The van der Waals surface area contributed by atoms with Crippen LogP contribution < -0.4 is 5.73 Å². The van der Waals surface area contributed by atoms with Gasteiger partial charge in [0.2, 0.25) is 0 Å². The van der Waals surface area contributed by atoms with E-state index in [2.05, 4.69) is 32.6 Å². The Kier molecular flexibility index (Phi) is 4.38. The fourth-order valence-electron chi connectivity index (χ4n) is 4.27. The Morgan fingerprint density at radius 3 is 2.39 bits per heavy atom. The Morgan fingerprint density at radius 2 is 1.78 bits per heavy atom. The summed E-state index contributed by atoms with van der Waals surface area (Å²) in [4.78, 5) is 2.76. The molecule has 1 saturated heterocycles. The maximum absolute atomic E-state index is 6.26. The highest BCUT2D eigenvalue weighted by Gasteiger charge is 2.46.